The van der Waals surface area contributed by atoms with Crippen molar-refractivity contribution in [2.45, 2.75) is 70.8 Å². The minimum atomic E-state index is -0.788. The number of carboxylic acids is 1. The van der Waals surface area contributed by atoms with Gasteiger partial charge in [0.05, 0.1) is 0 Å². The molecule has 1 saturated carbocycles. The van der Waals surface area contributed by atoms with E-state index in [0.717, 1.165) is 18.8 Å². The van der Waals surface area contributed by atoms with Gasteiger partial charge in [0.15, 0.2) is 0 Å². The monoisotopic (exact) mass is 255 g/mol. The van der Waals surface area contributed by atoms with Gasteiger partial charge in [-0.2, -0.15) is 0 Å². The lowest BCUT2D eigenvalue weighted by molar-refractivity contribution is -0.137. The van der Waals surface area contributed by atoms with Gasteiger partial charge in [0.1, 0.15) is 0 Å². The SMILES string of the molecule is CC1CCC(C)(NC(=O)CCCCC(=O)O)CC1. The molecule has 0 atom stereocenters. The maximum absolute atomic E-state index is 11.8. The van der Waals surface area contributed by atoms with Gasteiger partial charge >= 0.3 is 5.97 Å². The first-order valence-electron chi connectivity index (χ1n) is 6.94. The highest BCUT2D eigenvalue weighted by Gasteiger charge is 2.30. The number of rotatable bonds is 6. The Kier molecular flexibility index (Phi) is 5.63. The average molecular weight is 255 g/mol. The molecule has 0 aliphatic heterocycles. The summed E-state index contributed by atoms with van der Waals surface area (Å²) in [4.78, 5) is 22.1. The third-order valence-electron chi connectivity index (χ3n) is 3.86. The first kappa shape index (κ1) is 15.0. The summed E-state index contributed by atoms with van der Waals surface area (Å²) < 4.78 is 0. The topological polar surface area (TPSA) is 66.4 Å². The highest BCUT2D eigenvalue weighted by molar-refractivity contribution is 5.76. The Labute approximate surface area is 109 Å². The quantitative estimate of drug-likeness (QED) is 0.717. The van der Waals surface area contributed by atoms with Crippen molar-refractivity contribution in [3.05, 3.63) is 0 Å². The summed E-state index contributed by atoms with van der Waals surface area (Å²) >= 11 is 0. The molecular formula is C14H25NO3. The van der Waals surface area contributed by atoms with Crippen LogP contribution >= 0.6 is 0 Å². The molecule has 2 N–H and O–H groups in total. The number of hydrogen-bond acceptors (Lipinski definition) is 2. The van der Waals surface area contributed by atoms with Crippen LogP contribution in [0.2, 0.25) is 0 Å². The molecule has 1 fully saturated rings. The van der Waals surface area contributed by atoms with E-state index in [1.165, 1.54) is 12.8 Å². The van der Waals surface area contributed by atoms with E-state index < -0.39 is 5.97 Å². The Morgan fingerprint density at radius 2 is 1.78 bits per heavy atom. The van der Waals surface area contributed by atoms with E-state index in [0.29, 0.717) is 19.3 Å². The van der Waals surface area contributed by atoms with Crippen molar-refractivity contribution in [1.29, 1.82) is 0 Å². The van der Waals surface area contributed by atoms with Gasteiger partial charge in [-0.25, -0.2) is 0 Å². The lowest BCUT2D eigenvalue weighted by atomic mass is 9.78. The zero-order chi connectivity index (χ0) is 13.6. The van der Waals surface area contributed by atoms with E-state index in [2.05, 4.69) is 19.2 Å². The zero-order valence-electron chi connectivity index (χ0n) is 11.5. The van der Waals surface area contributed by atoms with E-state index in [9.17, 15) is 9.59 Å². The Morgan fingerprint density at radius 1 is 1.22 bits per heavy atom. The number of carbonyl (C=O) groups excluding carboxylic acids is 1. The fourth-order valence-corrected chi connectivity index (χ4v) is 2.49. The van der Waals surface area contributed by atoms with Crippen LogP contribution < -0.4 is 5.32 Å². The van der Waals surface area contributed by atoms with E-state index in [-0.39, 0.29) is 17.9 Å². The molecular weight excluding hydrogens is 230 g/mol. The van der Waals surface area contributed by atoms with Crippen LogP contribution in [0.5, 0.6) is 0 Å². The summed E-state index contributed by atoms with van der Waals surface area (Å²) in [6, 6.07) is 0. The zero-order valence-corrected chi connectivity index (χ0v) is 11.5. The van der Waals surface area contributed by atoms with E-state index in [1.54, 1.807) is 0 Å². The fourth-order valence-electron chi connectivity index (χ4n) is 2.49. The van der Waals surface area contributed by atoms with Crippen LogP contribution in [0, 0.1) is 5.92 Å². The van der Waals surface area contributed by atoms with Gasteiger partial charge in [0.25, 0.3) is 0 Å². The summed E-state index contributed by atoms with van der Waals surface area (Å²) in [5.41, 5.74) is -0.0452. The Bertz CT molecular complexity index is 293. The number of carboxylic acid groups (broad SMARTS) is 1. The number of unbranched alkanes of at least 4 members (excludes halogenated alkanes) is 1. The molecule has 0 radical (unpaired) electrons. The summed E-state index contributed by atoms with van der Waals surface area (Å²) in [7, 11) is 0. The maximum Gasteiger partial charge on any atom is 0.303 e. The molecule has 0 unspecified atom stereocenters. The third-order valence-corrected chi connectivity index (χ3v) is 3.86. The lowest BCUT2D eigenvalue weighted by Gasteiger charge is -2.37. The van der Waals surface area contributed by atoms with E-state index >= 15 is 0 Å². The van der Waals surface area contributed by atoms with Crippen LogP contribution in [0.25, 0.3) is 0 Å². The van der Waals surface area contributed by atoms with Crippen LogP contribution in [-0.4, -0.2) is 22.5 Å². The smallest absolute Gasteiger partial charge is 0.303 e. The summed E-state index contributed by atoms with van der Waals surface area (Å²) in [6.45, 7) is 4.38. The van der Waals surface area contributed by atoms with Gasteiger partial charge in [0.2, 0.25) is 5.91 Å². The summed E-state index contributed by atoms with van der Waals surface area (Å²) in [5.74, 6) is 0.0478. The second-order valence-corrected chi connectivity index (χ2v) is 5.89. The van der Waals surface area contributed by atoms with Crippen LogP contribution in [0.1, 0.15) is 65.2 Å². The van der Waals surface area contributed by atoms with Crippen LogP contribution in [0.3, 0.4) is 0 Å². The molecule has 104 valence electrons. The molecule has 1 aliphatic rings. The molecule has 0 aromatic rings. The predicted octanol–water partition coefficient (Wildman–Crippen LogP) is 2.72. The summed E-state index contributed by atoms with van der Waals surface area (Å²) in [6.07, 6.45) is 6.29. The average Bonchev–Trinajstić information content (AvgIpc) is 2.29. The van der Waals surface area contributed by atoms with E-state index in [4.69, 9.17) is 5.11 Å². The number of aliphatic carboxylic acids is 1. The minimum Gasteiger partial charge on any atom is -0.481 e. The Balaban J connectivity index is 2.21. The highest BCUT2D eigenvalue weighted by Crippen LogP contribution is 2.31. The predicted molar refractivity (Wildman–Crippen MR) is 70.3 cm³/mol. The second kappa shape index (κ2) is 6.76. The van der Waals surface area contributed by atoms with Gasteiger partial charge in [-0.3, -0.25) is 9.59 Å². The number of nitrogens with one attached hydrogen (secondary N) is 1. The lowest BCUT2D eigenvalue weighted by Crippen LogP contribution is -2.48. The molecule has 1 rings (SSSR count). The second-order valence-electron chi connectivity index (χ2n) is 5.89. The molecule has 1 aliphatic carbocycles. The first-order valence-corrected chi connectivity index (χ1v) is 6.94. The van der Waals surface area contributed by atoms with Gasteiger partial charge in [-0.1, -0.05) is 6.92 Å². The van der Waals surface area contributed by atoms with Crippen molar-refractivity contribution in [1.82, 2.24) is 5.32 Å². The van der Waals surface area contributed by atoms with Crippen LogP contribution in [0.4, 0.5) is 0 Å². The van der Waals surface area contributed by atoms with Gasteiger partial charge in [0, 0.05) is 18.4 Å². The molecule has 0 aromatic heterocycles. The molecule has 0 aromatic carbocycles. The fraction of sp³-hybridized carbons (Fsp3) is 0.857. The van der Waals surface area contributed by atoms with Gasteiger partial charge < -0.3 is 10.4 Å². The van der Waals surface area contributed by atoms with Gasteiger partial charge in [-0.15, -0.1) is 0 Å². The standard InChI is InChI=1S/C14H25NO3/c1-11-7-9-14(2,10-8-11)15-12(16)5-3-4-6-13(17)18/h11H,3-10H2,1-2H3,(H,15,16)(H,17,18). The number of amides is 1. The molecule has 18 heavy (non-hydrogen) atoms. The Hall–Kier alpha value is -1.06. The van der Waals surface area contributed by atoms with Crippen LogP contribution in [-0.2, 0) is 9.59 Å². The van der Waals surface area contributed by atoms with Crippen molar-refractivity contribution in [2.75, 3.05) is 0 Å². The first-order chi connectivity index (χ1) is 8.41. The highest BCUT2D eigenvalue weighted by atomic mass is 16.4. The van der Waals surface area contributed by atoms with Crippen molar-refractivity contribution in [3.63, 3.8) is 0 Å². The number of hydrogen-bond donors (Lipinski definition) is 2. The Morgan fingerprint density at radius 3 is 2.33 bits per heavy atom. The molecule has 1 amide bonds. The molecule has 0 heterocycles. The molecule has 0 bridgehead atoms. The maximum atomic E-state index is 11.8. The minimum absolute atomic E-state index is 0.0452. The third kappa shape index (κ3) is 5.52. The van der Waals surface area contributed by atoms with Crippen molar-refractivity contribution < 1.29 is 14.7 Å². The largest absolute Gasteiger partial charge is 0.481 e. The van der Waals surface area contributed by atoms with Crippen molar-refractivity contribution in [3.8, 4) is 0 Å². The number of carbonyl (C=O) groups is 2. The molecule has 0 saturated heterocycles. The van der Waals surface area contributed by atoms with E-state index in [1.807, 2.05) is 0 Å². The van der Waals surface area contributed by atoms with Crippen molar-refractivity contribution in [2.24, 2.45) is 5.92 Å². The summed E-state index contributed by atoms with van der Waals surface area (Å²) in [5, 5.41) is 11.6. The van der Waals surface area contributed by atoms with Gasteiger partial charge in [-0.05, 0) is 51.4 Å². The van der Waals surface area contributed by atoms with Crippen molar-refractivity contribution >= 4 is 11.9 Å². The molecule has 4 nitrogen and oxygen atoms in total. The molecule has 0 spiro atoms. The normalized spacial score (nSPS) is 27.8. The van der Waals surface area contributed by atoms with Crippen LogP contribution in [0.15, 0.2) is 0 Å². The molecule has 4 heteroatoms.